The van der Waals surface area contributed by atoms with Gasteiger partial charge in [0.2, 0.25) is 0 Å². The summed E-state index contributed by atoms with van der Waals surface area (Å²) in [5.41, 5.74) is 2.40. The van der Waals surface area contributed by atoms with Crippen LogP contribution in [0.5, 0.6) is 0 Å². The first-order chi connectivity index (χ1) is 9.56. The first-order valence-electron chi connectivity index (χ1n) is 7.59. The number of anilines is 1. The molecule has 0 fully saturated rings. The maximum atomic E-state index is 11.2. The zero-order valence-electron chi connectivity index (χ0n) is 13.0. The molecule has 20 heavy (non-hydrogen) atoms. The van der Waals surface area contributed by atoms with Crippen molar-refractivity contribution in [3.8, 4) is 0 Å². The van der Waals surface area contributed by atoms with Crippen LogP contribution in [0.3, 0.4) is 0 Å². The molecule has 1 rings (SSSR count). The molecule has 0 radical (unpaired) electrons. The van der Waals surface area contributed by atoms with Gasteiger partial charge in [-0.1, -0.05) is 45.1 Å². The van der Waals surface area contributed by atoms with Crippen LogP contribution in [-0.4, -0.2) is 25.2 Å². The lowest BCUT2D eigenvalue weighted by Gasteiger charge is -2.16. The lowest BCUT2D eigenvalue weighted by atomic mass is 10.0. The SMILES string of the molecule is CCCCCCCCc1ccc(C(=O)O)c(N(C)C)c1. The maximum absolute atomic E-state index is 11.2. The predicted octanol–water partition coefficient (Wildman–Crippen LogP) is 4.35. The Morgan fingerprint density at radius 3 is 2.35 bits per heavy atom. The van der Waals surface area contributed by atoms with Crippen LogP contribution in [0, 0.1) is 0 Å². The lowest BCUT2D eigenvalue weighted by molar-refractivity contribution is 0.0697. The molecule has 1 aromatic carbocycles. The van der Waals surface area contributed by atoms with Crippen molar-refractivity contribution < 1.29 is 9.90 Å². The van der Waals surface area contributed by atoms with Crippen LogP contribution in [0.15, 0.2) is 18.2 Å². The number of hydrogen-bond acceptors (Lipinski definition) is 2. The lowest BCUT2D eigenvalue weighted by Crippen LogP contribution is -2.14. The zero-order valence-corrected chi connectivity index (χ0v) is 13.0. The van der Waals surface area contributed by atoms with Crippen molar-refractivity contribution in [2.75, 3.05) is 19.0 Å². The number of aromatic carboxylic acids is 1. The number of carboxylic acid groups (broad SMARTS) is 1. The minimum atomic E-state index is -0.861. The van der Waals surface area contributed by atoms with E-state index in [1.54, 1.807) is 6.07 Å². The van der Waals surface area contributed by atoms with Crippen LogP contribution in [0.4, 0.5) is 5.69 Å². The Balaban J connectivity index is 2.55. The summed E-state index contributed by atoms with van der Waals surface area (Å²) in [6, 6.07) is 5.68. The van der Waals surface area contributed by atoms with Gasteiger partial charge in [0.1, 0.15) is 0 Å². The standard InChI is InChI=1S/C17H27NO2/c1-4-5-6-7-8-9-10-14-11-12-15(17(19)20)16(13-14)18(2)3/h11-13H,4-10H2,1-3H3,(H,19,20). The van der Waals surface area contributed by atoms with Crippen molar-refractivity contribution in [3.63, 3.8) is 0 Å². The summed E-state index contributed by atoms with van der Waals surface area (Å²) in [5.74, 6) is -0.861. The topological polar surface area (TPSA) is 40.5 Å². The van der Waals surface area contributed by atoms with E-state index < -0.39 is 5.97 Å². The van der Waals surface area contributed by atoms with Gasteiger partial charge in [0, 0.05) is 14.1 Å². The molecule has 0 aliphatic carbocycles. The third kappa shape index (κ3) is 5.24. The minimum absolute atomic E-state index is 0.377. The van der Waals surface area contributed by atoms with E-state index in [1.807, 2.05) is 31.1 Å². The predicted molar refractivity (Wildman–Crippen MR) is 84.8 cm³/mol. The van der Waals surface area contributed by atoms with Crippen LogP contribution in [0.1, 0.15) is 61.4 Å². The molecule has 0 aromatic heterocycles. The quantitative estimate of drug-likeness (QED) is 0.682. The second-order valence-corrected chi connectivity index (χ2v) is 5.57. The maximum Gasteiger partial charge on any atom is 0.337 e. The molecule has 0 atom stereocenters. The zero-order chi connectivity index (χ0) is 15.0. The van der Waals surface area contributed by atoms with E-state index in [2.05, 4.69) is 6.92 Å². The third-order valence-electron chi connectivity index (χ3n) is 3.59. The molecule has 0 saturated heterocycles. The molecule has 0 heterocycles. The van der Waals surface area contributed by atoms with Crippen molar-refractivity contribution in [2.45, 2.75) is 51.9 Å². The highest BCUT2D eigenvalue weighted by molar-refractivity contribution is 5.94. The second kappa shape index (κ2) is 8.62. The Labute approximate surface area is 122 Å². The summed E-state index contributed by atoms with van der Waals surface area (Å²) in [4.78, 5) is 13.0. The van der Waals surface area contributed by atoms with Crippen LogP contribution < -0.4 is 4.90 Å². The van der Waals surface area contributed by atoms with Crippen molar-refractivity contribution in [1.29, 1.82) is 0 Å². The van der Waals surface area contributed by atoms with Crippen LogP contribution >= 0.6 is 0 Å². The van der Waals surface area contributed by atoms with Crippen molar-refractivity contribution in [2.24, 2.45) is 0 Å². The monoisotopic (exact) mass is 277 g/mol. The molecule has 0 saturated carbocycles. The van der Waals surface area contributed by atoms with Crippen molar-refractivity contribution in [1.82, 2.24) is 0 Å². The van der Waals surface area contributed by atoms with E-state index in [4.69, 9.17) is 0 Å². The summed E-state index contributed by atoms with van der Waals surface area (Å²) >= 11 is 0. The number of unbranched alkanes of at least 4 members (excludes halogenated alkanes) is 5. The summed E-state index contributed by atoms with van der Waals surface area (Å²) in [7, 11) is 3.77. The fourth-order valence-corrected chi connectivity index (χ4v) is 2.39. The molecule has 0 aliphatic rings. The highest BCUT2D eigenvalue weighted by Crippen LogP contribution is 2.22. The van der Waals surface area contributed by atoms with Gasteiger partial charge < -0.3 is 10.0 Å². The van der Waals surface area contributed by atoms with Gasteiger partial charge in [-0.15, -0.1) is 0 Å². The Bertz CT molecular complexity index is 427. The first kappa shape index (κ1) is 16.5. The smallest absolute Gasteiger partial charge is 0.337 e. The number of carboxylic acids is 1. The van der Waals surface area contributed by atoms with Gasteiger partial charge in [0.05, 0.1) is 11.3 Å². The molecule has 1 N–H and O–H groups in total. The summed E-state index contributed by atoms with van der Waals surface area (Å²) < 4.78 is 0. The summed E-state index contributed by atoms with van der Waals surface area (Å²) in [5, 5.41) is 9.18. The number of carbonyl (C=O) groups is 1. The van der Waals surface area contributed by atoms with Gasteiger partial charge in [0.15, 0.2) is 0 Å². The molecular weight excluding hydrogens is 250 g/mol. The molecule has 3 heteroatoms. The average molecular weight is 277 g/mol. The fourth-order valence-electron chi connectivity index (χ4n) is 2.39. The van der Waals surface area contributed by atoms with E-state index in [0.717, 1.165) is 12.1 Å². The van der Waals surface area contributed by atoms with Gasteiger partial charge >= 0.3 is 5.97 Å². The number of nitrogens with zero attached hydrogens (tertiary/aromatic N) is 1. The molecule has 0 aliphatic heterocycles. The van der Waals surface area contributed by atoms with Crippen LogP contribution in [0.2, 0.25) is 0 Å². The van der Waals surface area contributed by atoms with Crippen LogP contribution in [-0.2, 0) is 6.42 Å². The second-order valence-electron chi connectivity index (χ2n) is 5.57. The summed E-state index contributed by atoms with van der Waals surface area (Å²) in [6.07, 6.45) is 8.73. The largest absolute Gasteiger partial charge is 0.478 e. The Hall–Kier alpha value is -1.51. The molecule has 0 spiro atoms. The molecule has 0 unspecified atom stereocenters. The van der Waals surface area contributed by atoms with E-state index >= 15 is 0 Å². The Kier molecular flexibility index (Phi) is 7.13. The minimum Gasteiger partial charge on any atom is -0.478 e. The number of aryl methyl sites for hydroxylation is 1. The van der Waals surface area contributed by atoms with Crippen molar-refractivity contribution in [3.05, 3.63) is 29.3 Å². The van der Waals surface area contributed by atoms with Gasteiger partial charge in [-0.2, -0.15) is 0 Å². The van der Waals surface area contributed by atoms with E-state index in [9.17, 15) is 9.90 Å². The van der Waals surface area contributed by atoms with Crippen LogP contribution in [0.25, 0.3) is 0 Å². The normalized spacial score (nSPS) is 10.6. The fraction of sp³-hybridized carbons (Fsp3) is 0.588. The van der Waals surface area contributed by atoms with Gasteiger partial charge in [-0.3, -0.25) is 0 Å². The molecule has 0 amide bonds. The van der Waals surface area contributed by atoms with Gasteiger partial charge in [-0.25, -0.2) is 4.79 Å². The first-order valence-corrected chi connectivity index (χ1v) is 7.59. The van der Waals surface area contributed by atoms with Gasteiger partial charge in [0.25, 0.3) is 0 Å². The number of hydrogen-bond donors (Lipinski definition) is 1. The summed E-state index contributed by atoms with van der Waals surface area (Å²) in [6.45, 7) is 2.23. The molecular formula is C17H27NO2. The molecule has 0 bridgehead atoms. The molecule has 1 aromatic rings. The van der Waals surface area contributed by atoms with Crippen molar-refractivity contribution >= 4 is 11.7 Å². The third-order valence-corrected chi connectivity index (χ3v) is 3.59. The highest BCUT2D eigenvalue weighted by Gasteiger charge is 2.12. The Morgan fingerprint density at radius 1 is 1.10 bits per heavy atom. The molecule has 112 valence electrons. The van der Waals surface area contributed by atoms with E-state index in [-0.39, 0.29) is 0 Å². The average Bonchev–Trinajstić information content (AvgIpc) is 2.42. The molecule has 3 nitrogen and oxygen atoms in total. The van der Waals surface area contributed by atoms with E-state index in [0.29, 0.717) is 5.56 Å². The highest BCUT2D eigenvalue weighted by atomic mass is 16.4. The Morgan fingerprint density at radius 2 is 1.75 bits per heavy atom. The number of benzene rings is 1. The van der Waals surface area contributed by atoms with Gasteiger partial charge in [-0.05, 0) is 30.5 Å². The number of rotatable bonds is 9. The van der Waals surface area contributed by atoms with E-state index in [1.165, 1.54) is 44.1 Å².